The number of nitrogens with zero attached hydrogens (tertiary/aromatic N) is 1. The van der Waals surface area contributed by atoms with Crippen LogP contribution in [0.25, 0.3) is 0 Å². The number of oxime groups is 1. The second-order valence-electron chi connectivity index (χ2n) is 3.75. The zero-order valence-electron chi connectivity index (χ0n) is 7.57. The van der Waals surface area contributed by atoms with Crippen LogP contribution in [0.2, 0.25) is 0 Å². The summed E-state index contributed by atoms with van der Waals surface area (Å²) in [5.74, 6) is 0.169. The van der Waals surface area contributed by atoms with E-state index in [1.54, 1.807) is 0 Å². The van der Waals surface area contributed by atoms with Gasteiger partial charge in [-0.15, -0.1) is 5.16 Å². The van der Waals surface area contributed by atoms with E-state index >= 15 is 0 Å². The van der Waals surface area contributed by atoms with Crippen molar-refractivity contribution in [1.29, 1.82) is 0 Å². The molecule has 0 radical (unpaired) electrons. The summed E-state index contributed by atoms with van der Waals surface area (Å²) in [4.78, 5) is 0. The van der Waals surface area contributed by atoms with Crippen LogP contribution in [-0.4, -0.2) is 22.6 Å². The summed E-state index contributed by atoms with van der Waals surface area (Å²) in [7, 11) is 0. The number of aliphatic hydroxyl groups is 1. The lowest BCUT2D eigenvalue weighted by atomic mass is 9.82. The van der Waals surface area contributed by atoms with Crippen molar-refractivity contribution in [3.05, 3.63) is 0 Å². The molecule has 3 heteroatoms. The number of hydrogen-bond donors (Lipinski definition) is 2. The molecular formula is C8H17NO2. The van der Waals surface area contributed by atoms with Gasteiger partial charge in [-0.05, 0) is 5.92 Å². The molecule has 1 unspecified atom stereocenters. The van der Waals surface area contributed by atoms with Gasteiger partial charge < -0.3 is 10.3 Å². The van der Waals surface area contributed by atoms with Crippen molar-refractivity contribution in [3.63, 3.8) is 0 Å². The smallest absolute Gasteiger partial charge is 0.0664 e. The molecule has 0 aromatic heterocycles. The van der Waals surface area contributed by atoms with Crippen LogP contribution in [0.1, 0.15) is 27.7 Å². The molecule has 1 atom stereocenters. The zero-order valence-corrected chi connectivity index (χ0v) is 7.57. The first-order chi connectivity index (χ1) is 4.91. The highest BCUT2D eigenvalue weighted by atomic mass is 16.4. The maximum atomic E-state index is 9.58. The van der Waals surface area contributed by atoms with E-state index in [9.17, 15) is 5.11 Å². The molecule has 0 aromatic carbocycles. The van der Waals surface area contributed by atoms with Crippen LogP contribution in [0.4, 0.5) is 0 Å². The number of rotatable bonds is 3. The molecule has 0 saturated heterocycles. The monoisotopic (exact) mass is 159 g/mol. The molecule has 66 valence electrons. The van der Waals surface area contributed by atoms with Crippen LogP contribution in [0.3, 0.4) is 0 Å². The van der Waals surface area contributed by atoms with Crippen molar-refractivity contribution in [2.75, 3.05) is 0 Å². The fourth-order valence-electron chi connectivity index (χ4n) is 1.08. The SMILES string of the molecule is CC(C)C(O)C(C)(C)/C=N/O. The summed E-state index contributed by atoms with van der Waals surface area (Å²) in [6, 6.07) is 0. The third-order valence-electron chi connectivity index (χ3n) is 1.78. The Hall–Kier alpha value is -0.570. The average molecular weight is 159 g/mol. The molecule has 3 nitrogen and oxygen atoms in total. The van der Waals surface area contributed by atoms with Crippen LogP contribution in [-0.2, 0) is 0 Å². The third-order valence-corrected chi connectivity index (χ3v) is 1.78. The summed E-state index contributed by atoms with van der Waals surface area (Å²) in [6.45, 7) is 7.52. The summed E-state index contributed by atoms with van der Waals surface area (Å²) in [5, 5.41) is 20.8. The Morgan fingerprint density at radius 1 is 1.36 bits per heavy atom. The largest absolute Gasteiger partial charge is 0.411 e. The quantitative estimate of drug-likeness (QED) is 0.372. The van der Waals surface area contributed by atoms with Crippen LogP contribution in [0, 0.1) is 11.3 Å². The summed E-state index contributed by atoms with van der Waals surface area (Å²) in [5.41, 5.74) is -0.455. The van der Waals surface area contributed by atoms with Gasteiger partial charge in [-0.2, -0.15) is 0 Å². The van der Waals surface area contributed by atoms with E-state index in [4.69, 9.17) is 5.21 Å². The van der Waals surface area contributed by atoms with Gasteiger partial charge in [0, 0.05) is 5.41 Å². The minimum atomic E-state index is -0.474. The summed E-state index contributed by atoms with van der Waals surface area (Å²) >= 11 is 0. The van der Waals surface area contributed by atoms with Crippen LogP contribution in [0.15, 0.2) is 5.16 Å². The van der Waals surface area contributed by atoms with E-state index < -0.39 is 11.5 Å². The molecule has 11 heavy (non-hydrogen) atoms. The Labute approximate surface area is 67.7 Å². The molecule has 0 bridgehead atoms. The van der Waals surface area contributed by atoms with Gasteiger partial charge in [-0.3, -0.25) is 0 Å². The molecule has 0 amide bonds. The zero-order chi connectivity index (χ0) is 9.07. The minimum Gasteiger partial charge on any atom is -0.411 e. The van der Waals surface area contributed by atoms with Crippen molar-refractivity contribution < 1.29 is 10.3 Å². The van der Waals surface area contributed by atoms with Crippen LogP contribution in [0.5, 0.6) is 0 Å². The van der Waals surface area contributed by atoms with Gasteiger partial charge in [0.15, 0.2) is 0 Å². The predicted molar refractivity (Wildman–Crippen MR) is 44.9 cm³/mol. The highest BCUT2D eigenvalue weighted by molar-refractivity contribution is 5.64. The number of hydrogen-bond acceptors (Lipinski definition) is 3. The van der Waals surface area contributed by atoms with Crippen molar-refractivity contribution >= 4 is 6.21 Å². The molecule has 0 aliphatic heterocycles. The van der Waals surface area contributed by atoms with Crippen molar-refractivity contribution in [2.24, 2.45) is 16.5 Å². The molecule has 0 saturated carbocycles. The van der Waals surface area contributed by atoms with Crippen LogP contribution >= 0.6 is 0 Å². The lowest BCUT2D eigenvalue weighted by molar-refractivity contribution is 0.0527. The number of aliphatic hydroxyl groups excluding tert-OH is 1. The molecule has 0 aromatic rings. The maximum absolute atomic E-state index is 9.58. The Morgan fingerprint density at radius 2 is 1.82 bits per heavy atom. The standard InChI is InChI=1S/C8H17NO2/c1-6(2)7(10)8(3,4)5-9-11/h5-7,10-11H,1-4H3/b9-5+. The van der Waals surface area contributed by atoms with E-state index in [-0.39, 0.29) is 5.92 Å². The van der Waals surface area contributed by atoms with Crippen molar-refractivity contribution in [1.82, 2.24) is 0 Å². The lowest BCUT2D eigenvalue weighted by Crippen LogP contribution is -2.34. The Morgan fingerprint density at radius 3 is 2.09 bits per heavy atom. The normalized spacial score (nSPS) is 16.2. The second kappa shape index (κ2) is 3.72. The van der Waals surface area contributed by atoms with E-state index in [0.29, 0.717) is 0 Å². The lowest BCUT2D eigenvalue weighted by Gasteiger charge is -2.28. The van der Waals surface area contributed by atoms with Gasteiger partial charge in [0.05, 0.1) is 12.3 Å². The van der Waals surface area contributed by atoms with Gasteiger partial charge in [0.25, 0.3) is 0 Å². The molecule has 0 rings (SSSR count). The first-order valence-electron chi connectivity index (χ1n) is 3.78. The van der Waals surface area contributed by atoms with Gasteiger partial charge in [0.1, 0.15) is 0 Å². The maximum Gasteiger partial charge on any atom is 0.0664 e. The fourth-order valence-corrected chi connectivity index (χ4v) is 1.08. The Kier molecular flexibility index (Phi) is 3.52. The molecular weight excluding hydrogens is 142 g/mol. The molecule has 0 fully saturated rings. The molecule has 2 N–H and O–H groups in total. The van der Waals surface area contributed by atoms with E-state index in [0.717, 1.165) is 0 Å². The molecule has 0 spiro atoms. The van der Waals surface area contributed by atoms with Gasteiger partial charge in [-0.1, -0.05) is 27.7 Å². The van der Waals surface area contributed by atoms with Crippen molar-refractivity contribution in [2.45, 2.75) is 33.8 Å². The van der Waals surface area contributed by atoms with E-state index in [2.05, 4.69) is 5.16 Å². The summed E-state index contributed by atoms with van der Waals surface area (Å²) < 4.78 is 0. The highest BCUT2D eigenvalue weighted by Crippen LogP contribution is 2.23. The predicted octanol–water partition coefficient (Wildman–Crippen LogP) is 1.49. The average Bonchev–Trinajstić information content (AvgIpc) is 1.86. The van der Waals surface area contributed by atoms with E-state index in [1.165, 1.54) is 6.21 Å². The topological polar surface area (TPSA) is 52.8 Å². The second-order valence-corrected chi connectivity index (χ2v) is 3.75. The molecule has 0 heterocycles. The Bertz CT molecular complexity index is 141. The van der Waals surface area contributed by atoms with Crippen LogP contribution < -0.4 is 0 Å². The van der Waals surface area contributed by atoms with Gasteiger partial charge >= 0.3 is 0 Å². The first-order valence-corrected chi connectivity index (χ1v) is 3.78. The fraction of sp³-hybridized carbons (Fsp3) is 0.875. The Balaban J connectivity index is 4.28. The van der Waals surface area contributed by atoms with E-state index in [1.807, 2.05) is 27.7 Å². The van der Waals surface area contributed by atoms with Crippen molar-refractivity contribution in [3.8, 4) is 0 Å². The minimum absolute atomic E-state index is 0.169. The third kappa shape index (κ3) is 2.89. The summed E-state index contributed by atoms with van der Waals surface area (Å²) in [6.07, 6.45) is 0.885. The molecule has 0 aliphatic rings. The molecule has 0 aliphatic carbocycles. The highest BCUT2D eigenvalue weighted by Gasteiger charge is 2.28. The first kappa shape index (κ1) is 10.4. The van der Waals surface area contributed by atoms with Gasteiger partial charge in [0.2, 0.25) is 0 Å². The van der Waals surface area contributed by atoms with Gasteiger partial charge in [-0.25, -0.2) is 0 Å².